The van der Waals surface area contributed by atoms with E-state index in [2.05, 4.69) is 51.7 Å². The lowest BCUT2D eigenvalue weighted by molar-refractivity contribution is 0.186. The highest BCUT2D eigenvalue weighted by atomic mass is 16.3. The lowest BCUT2D eigenvalue weighted by atomic mass is 10.0. The number of rotatable bonds is 8. The Hall–Kier alpha value is -1.02. The summed E-state index contributed by atoms with van der Waals surface area (Å²) in [4.78, 5) is 2.52. The third kappa shape index (κ3) is 6.09. The maximum absolute atomic E-state index is 10.2. The molecule has 0 spiro atoms. The van der Waals surface area contributed by atoms with Crippen LogP contribution in [0.4, 0.5) is 0 Å². The van der Waals surface area contributed by atoms with Crippen molar-refractivity contribution in [2.75, 3.05) is 13.1 Å². The molecule has 0 amide bonds. The average molecular weight is 291 g/mol. The summed E-state index contributed by atoms with van der Waals surface area (Å²) in [5.41, 5.74) is 2.16. The Kier molecular flexibility index (Phi) is 7.24. The molecule has 0 aliphatic rings. The highest BCUT2D eigenvalue weighted by Gasteiger charge is 2.19. The standard InChI is InChI=1S/C19H33NO/c1-14(2)9-11-20(12-10-15(3)4)17(6)18-8-7-16(5)13-19(18)21/h7-8,13-15,17,21H,9-12H2,1-6H3. The van der Waals surface area contributed by atoms with Gasteiger partial charge in [0.25, 0.3) is 0 Å². The van der Waals surface area contributed by atoms with E-state index in [4.69, 9.17) is 0 Å². The second-order valence-corrected chi connectivity index (χ2v) is 7.14. The third-order valence-corrected chi connectivity index (χ3v) is 4.17. The highest BCUT2D eigenvalue weighted by molar-refractivity contribution is 5.37. The summed E-state index contributed by atoms with van der Waals surface area (Å²) >= 11 is 0. The minimum absolute atomic E-state index is 0.267. The second kappa shape index (κ2) is 8.43. The van der Waals surface area contributed by atoms with Crippen molar-refractivity contribution in [1.29, 1.82) is 0 Å². The largest absolute Gasteiger partial charge is 0.508 e. The van der Waals surface area contributed by atoms with Gasteiger partial charge in [0.15, 0.2) is 0 Å². The van der Waals surface area contributed by atoms with Crippen LogP contribution in [0, 0.1) is 18.8 Å². The zero-order chi connectivity index (χ0) is 16.0. The van der Waals surface area contributed by atoms with E-state index in [9.17, 15) is 5.11 Å². The smallest absolute Gasteiger partial charge is 0.120 e. The van der Waals surface area contributed by atoms with Crippen LogP contribution >= 0.6 is 0 Å². The quantitative estimate of drug-likeness (QED) is 0.715. The molecule has 120 valence electrons. The Morgan fingerprint density at radius 2 is 1.48 bits per heavy atom. The summed E-state index contributed by atoms with van der Waals surface area (Å²) in [6.07, 6.45) is 2.41. The van der Waals surface area contributed by atoms with E-state index in [0.717, 1.165) is 24.2 Å². The number of hydrogen-bond donors (Lipinski definition) is 1. The van der Waals surface area contributed by atoms with E-state index in [1.165, 1.54) is 12.8 Å². The molecule has 2 heteroatoms. The van der Waals surface area contributed by atoms with Gasteiger partial charge in [-0.15, -0.1) is 0 Å². The summed E-state index contributed by atoms with van der Waals surface area (Å²) in [7, 11) is 0. The van der Waals surface area contributed by atoms with Crippen molar-refractivity contribution < 1.29 is 5.11 Å². The molecule has 1 atom stereocenters. The van der Waals surface area contributed by atoms with Crippen molar-refractivity contribution in [3.63, 3.8) is 0 Å². The molecule has 1 aromatic rings. The third-order valence-electron chi connectivity index (χ3n) is 4.17. The number of phenols is 1. The normalized spacial score (nSPS) is 13.4. The summed E-state index contributed by atoms with van der Waals surface area (Å²) < 4.78 is 0. The number of aryl methyl sites for hydroxylation is 1. The predicted octanol–water partition coefficient (Wildman–Crippen LogP) is 5.16. The van der Waals surface area contributed by atoms with E-state index in [1.54, 1.807) is 0 Å². The van der Waals surface area contributed by atoms with Crippen LogP contribution in [0.15, 0.2) is 18.2 Å². The Morgan fingerprint density at radius 3 is 1.90 bits per heavy atom. The first-order valence-electron chi connectivity index (χ1n) is 8.34. The van der Waals surface area contributed by atoms with Crippen molar-refractivity contribution in [2.24, 2.45) is 11.8 Å². The first-order valence-corrected chi connectivity index (χ1v) is 8.34. The topological polar surface area (TPSA) is 23.5 Å². The van der Waals surface area contributed by atoms with Crippen LogP contribution in [-0.2, 0) is 0 Å². The Morgan fingerprint density at radius 1 is 0.952 bits per heavy atom. The van der Waals surface area contributed by atoms with Crippen LogP contribution in [0.5, 0.6) is 5.75 Å². The minimum atomic E-state index is 0.267. The SMILES string of the molecule is Cc1ccc(C(C)N(CCC(C)C)CCC(C)C)c(O)c1. The molecule has 0 aliphatic heterocycles. The zero-order valence-corrected chi connectivity index (χ0v) is 14.7. The van der Waals surface area contributed by atoms with Crippen molar-refractivity contribution in [1.82, 2.24) is 4.90 Å². The first-order chi connectivity index (χ1) is 9.81. The Labute approximate surface area is 131 Å². The van der Waals surface area contributed by atoms with E-state index >= 15 is 0 Å². The van der Waals surface area contributed by atoms with Gasteiger partial charge in [-0.3, -0.25) is 4.90 Å². The molecule has 1 unspecified atom stereocenters. The fourth-order valence-electron chi connectivity index (χ4n) is 2.55. The van der Waals surface area contributed by atoms with E-state index < -0.39 is 0 Å². The molecule has 1 rings (SSSR count). The van der Waals surface area contributed by atoms with Gasteiger partial charge in [-0.2, -0.15) is 0 Å². The van der Waals surface area contributed by atoms with Crippen molar-refractivity contribution in [2.45, 2.75) is 60.4 Å². The van der Waals surface area contributed by atoms with Gasteiger partial charge >= 0.3 is 0 Å². The molecular weight excluding hydrogens is 258 g/mol. The Bertz CT molecular complexity index is 414. The van der Waals surface area contributed by atoms with E-state index in [-0.39, 0.29) is 6.04 Å². The molecule has 0 saturated heterocycles. The monoisotopic (exact) mass is 291 g/mol. The Balaban J connectivity index is 2.83. The van der Waals surface area contributed by atoms with Gasteiger partial charge in [0.1, 0.15) is 5.75 Å². The molecule has 0 saturated carbocycles. The summed E-state index contributed by atoms with van der Waals surface area (Å²) in [5, 5.41) is 10.2. The maximum Gasteiger partial charge on any atom is 0.120 e. The summed E-state index contributed by atoms with van der Waals surface area (Å²) in [5.74, 6) is 1.86. The van der Waals surface area contributed by atoms with Crippen LogP contribution in [0.25, 0.3) is 0 Å². The molecule has 0 aromatic heterocycles. The fourth-order valence-corrected chi connectivity index (χ4v) is 2.55. The lowest BCUT2D eigenvalue weighted by Gasteiger charge is -2.31. The second-order valence-electron chi connectivity index (χ2n) is 7.14. The minimum Gasteiger partial charge on any atom is -0.508 e. The van der Waals surface area contributed by atoms with Gasteiger partial charge < -0.3 is 5.11 Å². The molecule has 0 radical (unpaired) electrons. The van der Waals surface area contributed by atoms with Gasteiger partial charge in [-0.1, -0.05) is 39.8 Å². The van der Waals surface area contributed by atoms with Crippen LogP contribution in [0.3, 0.4) is 0 Å². The maximum atomic E-state index is 10.2. The van der Waals surface area contributed by atoms with Gasteiger partial charge in [0.05, 0.1) is 0 Å². The number of phenolic OH excluding ortho intramolecular Hbond substituents is 1. The van der Waals surface area contributed by atoms with Crippen LogP contribution in [0.2, 0.25) is 0 Å². The van der Waals surface area contributed by atoms with Crippen molar-refractivity contribution >= 4 is 0 Å². The van der Waals surface area contributed by atoms with Crippen molar-refractivity contribution in [3.05, 3.63) is 29.3 Å². The molecule has 2 nitrogen and oxygen atoms in total. The average Bonchev–Trinajstić information content (AvgIpc) is 2.37. The van der Waals surface area contributed by atoms with Gasteiger partial charge in [0, 0.05) is 11.6 Å². The molecule has 21 heavy (non-hydrogen) atoms. The molecule has 0 aliphatic carbocycles. The fraction of sp³-hybridized carbons (Fsp3) is 0.684. The van der Waals surface area contributed by atoms with Crippen LogP contribution in [-0.4, -0.2) is 23.1 Å². The lowest BCUT2D eigenvalue weighted by Crippen LogP contribution is -2.30. The summed E-state index contributed by atoms with van der Waals surface area (Å²) in [6.45, 7) is 15.5. The number of aromatic hydroxyl groups is 1. The number of nitrogens with zero attached hydrogens (tertiary/aromatic N) is 1. The molecule has 0 heterocycles. The van der Waals surface area contributed by atoms with Crippen LogP contribution < -0.4 is 0 Å². The number of benzene rings is 1. The van der Waals surface area contributed by atoms with Crippen LogP contribution in [0.1, 0.15) is 64.6 Å². The molecular formula is C19H33NO. The highest BCUT2D eigenvalue weighted by Crippen LogP contribution is 2.30. The van der Waals surface area contributed by atoms with Gasteiger partial charge in [0.2, 0.25) is 0 Å². The molecule has 0 bridgehead atoms. The molecule has 0 fully saturated rings. The van der Waals surface area contributed by atoms with Crippen molar-refractivity contribution in [3.8, 4) is 5.75 Å². The van der Waals surface area contributed by atoms with Gasteiger partial charge in [-0.05, 0) is 63.2 Å². The van der Waals surface area contributed by atoms with E-state index in [0.29, 0.717) is 17.6 Å². The van der Waals surface area contributed by atoms with E-state index in [1.807, 2.05) is 13.0 Å². The first kappa shape index (κ1) is 18.0. The number of hydrogen-bond acceptors (Lipinski definition) is 2. The summed E-state index contributed by atoms with van der Waals surface area (Å²) in [6, 6.07) is 6.31. The molecule has 1 N–H and O–H groups in total. The zero-order valence-electron chi connectivity index (χ0n) is 14.7. The van der Waals surface area contributed by atoms with Gasteiger partial charge in [-0.25, -0.2) is 0 Å². The molecule has 1 aromatic carbocycles. The predicted molar refractivity (Wildman–Crippen MR) is 91.7 cm³/mol.